The topological polar surface area (TPSA) is 51.2 Å². The van der Waals surface area contributed by atoms with Crippen LogP contribution in [0.3, 0.4) is 0 Å². The molecule has 0 saturated carbocycles. The minimum absolute atomic E-state index is 0.325. The van der Waals surface area contributed by atoms with Gasteiger partial charge in [0.2, 0.25) is 0 Å². The third-order valence-corrected chi connectivity index (χ3v) is 3.72. The molecule has 1 N–H and O–H groups in total. The first kappa shape index (κ1) is 15.9. The Kier molecular flexibility index (Phi) is 4.42. The first-order valence-corrected chi connectivity index (χ1v) is 7.68. The van der Waals surface area contributed by atoms with Gasteiger partial charge in [-0.1, -0.05) is 6.07 Å². The number of hydrogen-bond donors (Lipinski definition) is 1. The van der Waals surface area contributed by atoms with E-state index in [1.807, 2.05) is 6.92 Å². The van der Waals surface area contributed by atoms with Crippen molar-refractivity contribution in [3.8, 4) is 0 Å². The van der Waals surface area contributed by atoms with Crippen molar-refractivity contribution < 1.29 is 13.9 Å². The van der Waals surface area contributed by atoms with Crippen molar-refractivity contribution in [2.45, 2.75) is 13.8 Å². The monoisotopic (exact) mass is 324 g/mol. The van der Waals surface area contributed by atoms with Crippen LogP contribution in [0.5, 0.6) is 0 Å². The second-order valence-electron chi connectivity index (χ2n) is 5.37. The molecule has 4 nitrogen and oxygen atoms in total. The van der Waals surface area contributed by atoms with Crippen LogP contribution in [-0.4, -0.2) is 17.6 Å². The van der Waals surface area contributed by atoms with Crippen molar-refractivity contribution >= 4 is 28.2 Å². The lowest BCUT2D eigenvalue weighted by Crippen LogP contribution is -2.04. The maximum atomic E-state index is 14.2. The summed E-state index contributed by atoms with van der Waals surface area (Å²) in [5, 5.41) is 3.63. The van der Waals surface area contributed by atoms with Gasteiger partial charge in [0.15, 0.2) is 0 Å². The lowest BCUT2D eigenvalue weighted by Gasteiger charge is -2.11. The fraction of sp³-hybridized carbons (Fsp3) is 0.158. The highest BCUT2D eigenvalue weighted by Crippen LogP contribution is 2.29. The molecule has 0 fully saturated rings. The number of ether oxygens (including phenoxy) is 1. The van der Waals surface area contributed by atoms with Crippen molar-refractivity contribution in [1.82, 2.24) is 4.98 Å². The number of carbonyl (C=O) groups is 1. The lowest BCUT2D eigenvalue weighted by molar-refractivity contribution is 0.0526. The van der Waals surface area contributed by atoms with E-state index in [1.165, 1.54) is 6.07 Å². The summed E-state index contributed by atoms with van der Waals surface area (Å²) in [6.07, 6.45) is 1.64. The maximum absolute atomic E-state index is 14.2. The lowest BCUT2D eigenvalue weighted by atomic mass is 10.1. The van der Waals surface area contributed by atoms with Crippen LogP contribution in [0.25, 0.3) is 10.9 Å². The van der Waals surface area contributed by atoms with Gasteiger partial charge in [0.05, 0.1) is 28.8 Å². The predicted octanol–water partition coefficient (Wildman–Crippen LogP) is 4.60. The molecule has 0 aliphatic heterocycles. The third-order valence-electron chi connectivity index (χ3n) is 3.72. The molecule has 0 bridgehead atoms. The first-order chi connectivity index (χ1) is 11.6. The van der Waals surface area contributed by atoms with Crippen LogP contribution in [-0.2, 0) is 4.74 Å². The SMILES string of the molecule is CCOC(=O)c1ccc(Nc2ccnc3c(C)ccc(F)c23)cc1. The average Bonchev–Trinajstić information content (AvgIpc) is 2.59. The number of benzene rings is 2. The van der Waals surface area contributed by atoms with Gasteiger partial charge in [-0.05, 0) is 55.8 Å². The second-order valence-corrected chi connectivity index (χ2v) is 5.37. The van der Waals surface area contributed by atoms with E-state index in [0.717, 1.165) is 11.3 Å². The fourth-order valence-corrected chi connectivity index (χ4v) is 2.53. The molecular weight excluding hydrogens is 307 g/mol. The summed E-state index contributed by atoms with van der Waals surface area (Å²) in [4.78, 5) is 15.9. The molecule has 1 heterocycles. The number of carbonyl (C=O) groups excluding carboxylic acids is 1. The van der Waals surface area contributed by atoms with E-state index in [4.69, 9.17) is 4.74 Å². The molecule has 0 saturated heterocycles. The van der Waals surface area contributed by atoms with Gasteiger partial charge >= 0.3 is 5.97 Å². The molecule has 0 atom stereocenters. The van der Waals surface area contributed by atoms with Crippen molar-refractivity contribution in [1.29, 1.82) is 0 Å². The summed E-state index contributed by atoms with van der Waals surface area (Å²) in [5.41, 5.74) is 3.39. The van der Waals surface area contributed by atoms with Crippen molar-refractivity contribution in [2.24, 2.45) is 0 Å². The number of aromatic nitrogens is 1. The highest BCUT2D eigenvalue weighted by molar-refractivity contribution is 5.95. The number of nitrogens with zero attached hydrogens (tertiary/aromatic N) is 1. The standard InChI is InChI=1S/C19H17FN2O2/c1-3-24-19(23)13-5-7-14(8-6-13)22-16-10-11-21-18-12(2)4-9-15(20)17(16)18/h4-11H,3H2,1-2H3,(H,21,22). The largest absolute Gasteiger partial charge is 0.462 e. The highest BCUT2D eigenvalue weighted by atomic mass is 19.1. The molecular formula is C19H17FN2O2. The Hall–Kier alpha value is -2.95. The molecule has 3 aromatic rings. The third kappa shape index (κ3) is 3.06. The van der Waals surface area contributed by atoms with E-state index in [9.17, 15) is 9.18 Å². The predicted molar refractivity (Wildman–Crippen MR) is 92.1 cm³/mol. The molecule has 24 heavy (non-hydrogen) atoms. The summed E-state index contributed by atoms with van der Waals surface area (Å²) in [7, 11) is 0. The van der Waals surface area contributed by atoms with Crippen LogP contribution in [0, 0.1) is 12.7 Å². The summed E-state index contributed by atoms with van der Waals surface area (Å²) in [5.74, 6) is -0.686. The summed E-state index contributed by atoms with van der Waals surface area (Å²) >= 11 is 0. The molecule has 0 radical (unpaired) electrons. The Labute approximate surface area is 139 Å². The molecule has 122 valence electrons. The first-order valence-electron chi connectivity index (χ1n) is 7.68. The Morgan fingerprint density at radius 3 is 2.62 bits per heavy atom. The van der Waals surface area contributed by atoms with Gasteiger partial charge < -0.3 is 10.1 Å². The molecule has 0 amide bonds. The molecule has 0 aliphatic carbocycles. The number of anilines is 2. The van der Waals surface area contributed by atoms with Crippen molar-refractivity contribution in [2.75, 3.05) is 11.9 Å². The highest BCUT2D eigenvalue weighted by Gasteiger charge is 2.11. The van der Waals surface area contributed by atoms with Crippen LogP contribution < -0.4 is 5.32 Å². The van der Waals surface area contributed by atoms with Crippen LogP contribution in [0.1, 0.15) is 22.8 Å². The van der Waals surface area contributed by atoms with E-state index in [1.54, 1.807) is 49.5 Å². The zero-order valence-corrected chi connectivity index (χ0v) is 13.5. The minimum atomic E-state index is -0.361. The molecule has 0 aliphatic rings. The van der Waals surface area contributed by atoms with Crippen molar-refractivity contribution in [3.63, 3.8) is 0 Å². The smallest absolute Gasteiger partial charge is 0.338 e. The number of rotatable bonds is 4. The Morgan fingerprint density at radius 2 is 1.92 bits per heavy atom. The fourth-order valence-electron chi connectivity index (χ4n) is 2.53. The minimum Gasteiger partial charge on any atom is -0.462 e. The second kappa shape index (κ2) is 6.66. The van der Waals surface area contributed by atoms with E-state index in [2.05, 4.69) is 10.3 Å². The number of esters is 1. The summed E-state index contributed by atoms with van der Waals surface area (Å²) in [6, 6.07) is 11.7. The van der Waals surface area contributed by atoms with Crippen LogP contribution in [0.2, 0.25) is 0 Å². The zero-order valence-electron chi connectivity index (χ0n) is 13.5. The molecule has 3 rings (SSSR count). The number of aryl methyl sites for hydroxylation is 1. The number of hydrogen-bond acceptors (Lipinski definition) is 4. The van der Waals surface area contributed by atoms with Crippen molar-refractivity contribution in [3.05, 3.63) is 65.6 Å². The quantitative estimate of drug-likeness (QED) is 0.712. The molecule has 2 aromatic carbocycles. The van der Waals surface area contributed by atoms with Crippen LogP contribution in [0.4, 0.5) is 15.8 Å². The maximum Gasteiger partial charge on any atom is 0.338 e. The number of fused-ring (bicyclic) bond motifs is 1. The van der Waals surface area contributed by atoms with Gasteiger partial charge in [-0.3, -0.25) is 4.98 Å². The van der Waals surface area contributed by atoms with Gasteiger partial charge in [0.25, 0.3) is 0 Å². The van der Waals surface area contributed by atoms with E-state index < -0.39 is 0 Å². The summed E-state index contributed by atoms with van der Waals surface area (Å²) in [6.45, 7) is 3.99. The molecule has 1 aromatic heterocycles. The van der Waals surface area contributed by atoms with E-state index in [0.29, 0.717) is 28.8 Å². The Bertz CT molecular complexity index is 892. The van der Waals surface area contributed by atoms with Crippen LogP contribution in [0.15, 0.2) is 48.7 Å². The molecule has 0 spiro atoms. The van der Waals surface area contributed by atoms with Crippen LogP contribution >= 0.6 is 0 Å². The molecule has 0 unspecified atom stereocenters. The van der Waals surface area contributed by atoms with Gasteiger partial charge in [-0.2, -0.15) is 0 Å². The normalized spacial score (nSPS) is 10.6. The van der Waals surface area contributed by atoms with E-state index in [-0.39, 0.29) is 11.8 Å². The Balaban J connectivity index is 1.93. The zero-order chi connectivity index (χ0) is 17.1. The van der Waals surface area contributed by atoms with Gasteiger partial charge in [0.1, 0.15) is 5.82 Å². The molecule has 5 heteroatoms. The Morgan fingerprint density at radius 1 is 1.17 bits per heavy atom. The number of nitrogens with one attached hydrogen (secondary N) is 1. The van der Waals surface area contributed by atoms with Gasteiger partial charge in [0, 0.05) is 11.9 Å². The number of halogens is 1. The van der Waals surface area contributed by atoms with Gasteiger partial charge in [-0.25, -0.2) is 9.18 Å². The number of pyridine rings is 1. The summed E-state index contributed by atoms with van der Waals surface area (Å²) < 4.78 is 19.2. The van der Waals surface area contributed by atoms with E-state index >= 15 is 0 Å². The van der Waals surface area contributed by atoms with Gasteiger partial charge in [-0.15, -0.1) is 0 Å². The average molecular weight is 324 g/mol.